The molecule has 0 N–H and O–H groups in total. The Hall–Kier alpha value is -3.50. The van der Waals surface area contributed by atoms with E-state index in [0.29, 0.717) is 28.7 Å². The fourth-order valence-corrected chi connectivity index (χ4v) is 6.15. The van der Waals surface area contributed by atoms with E-state index in [0.717, 1.165) is 10.5 Å². The van der Waals surface area contributed by atoms with Gasteiger partial charge in [0.05, 0.1) is 0 Å². The van der Waals surface area contributed by atoms with E-state index >= 15 is 0 Å². The van der Waals surface area contributed by atoms with Gasteiger partial charge in [-0.05, 0) is 40.7 Å². The van der Waals surface area contributed by atoms with E-state index in [4.69, 9.17) is 0 Å². The van der Waals surface area contributed by atoms with Crippen molar-refractivity contribution in [2.24, 2.45) is 0 Å². The van der Waals surface area contributed by atoms with E-state index in [-0.39, 0.29) is 21.8 Å². The highest BCUT2D eigenvalue weighted by atomic mass is 32.2. The van der Waals surface area contributed by atoms with Crippen LogP contribution in [0.4, 0.5) is 4.39 Å². The van der Waals surface area contributed by atoms with Crippen LogP contribution in [-0.4, -0.2) is 6.26 Å². The molecule has 0 aliphatic rings. The number of halogens is 1. The largest absolute Gasteiger partial charge is 0.289 e. The first-order valence-corrected chi connectivity index (χ1v) is 14.4. The Morgan fingerprint density at radius 2 is 1.13 bits per heavy atom. The molecule has 4 aromatic rings. The molecule has 0 aromatic heterocycles. The van der Waals surface area contributed by atoms with Gasteiger partial charge in [0.25, 0.3) is 0 Å². The maximum atomic E-state index is 14.6. The van der Waals surface area contributed by atoms with Crippen molar-refractivity contribution in [3.8, 4) is 22.3 Å². The van der Waals surface area contributed by atoms with Gasteiger partial charge in [-0.25, -0.2) is 4.39 Å². The smallest absolute Gasteiger partial charge is 0.190 e. The van der Waals surface area contributed by atoms with Crippen molar-refractivity contribution < 1.29 is 4.39 Å². The van der Waals surface area contributed by atoms with Gasteiger partial charge in [0.2, 0.25) is 0 Å². The number of hydrogen-bond acceptors (Lipinski definition) is 3. The first-order valence-electron chi connectivity index (χ1n) is 13.1. The molecule has 0 heterocycles. The molecule has 200 valence electrons. The Bertz CT molecular complexity index is 1630. The Balaban J connectivity index is 1.85. The third kappa shape index (κ3) is 5.91. The summed E-state index contributed by atoms with van der Waals surface area (Å²) in [4.78, 5) is 28.9. The van der Waals surface area contributed by atoms with Crippen molar-refractivity contribution in [2.45, 2.75) is 56.8 Å². The molecule has 0 aliphatic heterocycles. The Labute approximate surface area is 235 Å². The second-order valence-corrected chi connectivity index (χ2v) is 12.4. The summed E-state index contributed by atoms with van der Waals surface area (Å²) in [6.07, 6.45) is 2.40. The van der Waals surface area contributed by atoms with Crippen LogP contribution in [0.5, 0.6) is 0 Å². The van der Waals surface area contributed by atoms with Gasteiger partial charge in [-0.3, -0.25) is 9.59 Å². The summed E-state index contributed by atoms with van der Waals surface area (Å²) in [7, 11) is 0. The van der Waals surface area contributed by atoms with Crippen LogP contribution < -0.4 is 10.9 Å². The van der Waals surface area contributed by atoms with Crippen LogP contribution >= 0.6 is 11.8 Å². The van der Waals surface area contributed by atoms with E-state index in [1.807, 2.05) is 56.5 Å². The maximum absolute atomic E-state index is 14.6. The molecule has 0 saturated carbocycles. The van der Waals surface area contributed by atoms with E-state index in [1.165, 1.54) is 11.6 Å². The highest BCUT2D eigenvalue weighted by Crippen LogP contribution is 2.38. The highest BCUT2D eigenvalue weighted by molar-refractivity contribution is 7.98. The van der Waals surface area contributed by atoms with E-state index in [1.54, 1.807) is 54.2 Å². The second-order valence-electron chi connectivity index (χ2n) is 11.5. The average molecular weight is 539 g/mol. The van der Waals surface area contributed by atoms with E-state index in [2.05, 4.69) is 26.8 Å². The van der Waals surface area contributed by atoms with Crippen molar-refractivity contribution in [2.75, 3.05) is 6.26 Å². The normalized spacial score (nSPS) is 11.9. The van der Waals surface area contributed by atoms with Crippen molar-refractivity contribution in [1.29, 1.82) is 0 Å². The molecule has 0 aliphatic carbocycles. The SMILES string of the molecule is CSc1c(-c2ccccc(CC(C)(C)c3ccccc(-c4ccccc4F)c3=O)c2=O)cccc1C(C)(C)C. The lowest BCUT2D eigenvalue weighted by Gasteiger charge is -2.25. The lowest BCUT2D eigenvalue weighted by atomic mass is 9.78. The third-order valence-electron chi connectivity index (χ3n) is 7.18. The minimum Gasteiger partial charge on any atom is -0.289 e. The van der Waals surface area contributed by atoms with Crippen LogP contribution in [0.15, 0.2) is 105 Å². The van der Waals surface area contributed by atoms with Crippen molar-refractivity contribution in [3.63, 3.8) is 0 Å². The van der Waals surface area contributed by atoms with Gasteiger partial charge in [0, 0.05) is 32.7 Å². The molecule has 2 nitrogen and oxygen atoms in total. The first kappa shape index (κ1) is 28.5. The summed E-state index contributed by atoms with van der Waals surface area (Å²) in [6, 6.07) is 27.0. The fraction of sp³-hybridized carbons (Fsp3) is 0.257. The van der Waals surface area contributed by atoms with Gasteiger partial charge in [0.15, 0.2) is 10.9 Å². The van der Waals surface area contributed by atoms with Gasteiger partial charge in [-0.2, -0.15) is 0 Å². The Kier molecular flexibility index (Phi) is 8.27. The summed E-state index contributed by atoms with van der Waals surface area (Å²) in [5.41, 5.74) is 3.50. The average Bonchev–Trinajstić information content (AvgIpc) is 3.19. The van der Waals surface area contributed by atoms with Crippen LogP contribution in [0.2, 0.25) is 0 Å². The summed E-state index contributed by atoms with van der Waals surface area (Å²) in [6.45, 7) is 10.5. The Morgan fingerprint density at radius 3 is 1.74 bits per heavy atom. The first-order chi connectivity index (χ1) is 18.5. The molecule has 39 heavy (non-hydrogen) atoms. The summed E-state index contributed by atoms with van der Waals surface area (Å²) < 4.78 is 14.6. The third-order valence-corrected chi connectivity index (χ3v) is 8.02. The number of hydrogen-bond donors (Lipinski definition) is 0. The predicted molar refractivity (Wildman–Crippen MR) is 163 cm³/mol. The molecule has 0 fully saturated rings. The van der Waals surface area contributed by atoms with E-state index in [9.17, 15) is 14.0 Å². The maximum Gasteiger partial charge on any atom is 0.190 e. The van der Waals surface area contributed by atoms with Crippen molar-refractivity contribution in [1.82, 2.24) is 0 Å². The zero-order chi connectivity index (χ0) is 28.4. The van der Waals surface area contributed by atoms with Crippen molar-refractivity contribution in [3.05, 3.63) is 134 Å². The Morgan fingerprint density at radius 1 is 0.615 bits per heavy atom. The predicted octanol–water partition coefficient (Wildman–Crippen LogP) is 8.42. The molecule has 0 radical (unpaired) electrons. The zero-order valence-corrected chi connectivity index (χ0v) is 24.3. The molecule has 0 amide bonds. The molecule has 0 spiro atoms. The second kappa shape index (κ2) is 11.3. The minimum atomic E-state index is -0.684. The molecule has 0 bridgehead atoms. The lowest BCUT2D eigenvalue weighted by molar-refractivity contribution is 0.518. The van der Waals surface area contributed by atoms with Gasteiger partial charge in [-0.1, -0.05) is 120 Å². The number of benzene rings is 2. The van der Waals surface area contributed by atoms with Crippen molar-refractivity contribution >= 4 is 11.8 Å². The van der Waals surface area contributed by atoms with Gasteiger partial charge in [-0.15, -0.1) is 11.8 Å². The molecular formula is C35H35FO2S. The minimum absolute atomic E-state index is 0.0449. The van der Waals surface area contributed by atoms with E-state index < -0.39 is 11.2 Å². The molecule has 4 rings (SSSR count). The summed E-state index contributed by atoms with van der Waals surface area (Å²) in [5, 5.41) is 0. The number of rotatable bonds is 6. The van der Waals surface area contributed by atoms with Crippen LogP contribution in [0.3, 0.4) is 0 Å². The fourth-order valence-electron chi connectivity index (χ4n) is 5.15. The zero-order valence-electron chi connectivity index (χ0n) is 23.5. The molecule has 0 unspecified atom stereocenters. The quantitative estimate of drug-likeness (QED) is 0.231. The summed E-state index contributed by atoms with van der Waals surface area (Å²) >= 11 is 1.66. The molecule has 0 saturated heterocycles. The van der Waals surface area contributed by atoms with Gasteiger partial charge < -0.3 is 0 Å². The summed E-state index contributed by atoms with van der Waals surface area (Å²) in [5.74, 6) is -0.437. The monoisotopic (exact) mass is 538 g/mol. The lowest BCUT2D eigenvalue weighted by Crippen LogP contribution is -2.30. The molecular weight excluding hydrogens is 503 g/mol. The van der Waals surface area contributed by atoms with Crippen LogP contribution in [0.25, 0.3) is 22.3 Å². The highest BCUT2D eigenvalue weighted by Gasteiger charge is 2.27. The molecule has 4 heteroatoms. The number of thioether (sulfide) groups is 1. The van der Waals surface area contributed by atoms with Crippen LogP contribution in [-0.2, 0) is 17.3 Å². The van der Waals surface area contributed by atoms with Crippen LogP contribution in [0, 0.1) is 5.82 Å². The van der Waals surface area contributed by atoms with Gasteiger partial charge >= 0.3 is 0 Å². The molecule has 4 aromatic carbocycles. The topological polar surface area (TPSA) is 34.1 Å². The van der Waals surface area contributed by atoms with Crippen LogP contribution in [0.1, 0.15) is 51.3 Å². The molecule has 0 atom stereocenters. The standard InChI is InChI=1S/C35H35FO2S/c1-34(2,3)29-20-13-18-27(33(29)39-6)26-17-8-7-14-23(31(26)37)22-35(4,5)28-19-11-9-16-25(32(28)38)24-15-10-12-21-30(24)36/h7-21H,22H2,1-6H3. The van der Waals surface area contributed by atoms with Gasteiger partial charge in [0.1, 0.15) is 5.82 Å².